The van der Waals surface area contributed by atoms with E-state index in [2.05, 4.69) is 25.2 Å². The number of nitrogens with zero attached hydrogens (tertiary/aromatic N) is 1. The summed E-state index contributed by atoms with van der Waals surface area (Å²) in [6, 6.07) is 7.40. The second-order valence-corrected chi connectivity index (χ2v) is 9.22. The van der Waals surface area contributed by atoms with Gasteiger partial charge in [0.25, 0.3) is 5.91 Å². The van der Waals surface area contributed by atoms with Gasteiger partial charge in [-0.15, -0.1) is 9.24 Å². The molecule has 0 radical (unpaired) electrons. The quantitative estimate of drug-likeness (QED) is 0.142. The number of carbonyl (C=O) groups is 5. The Balaban J connectivity index is 2.43. The number of hydrogen-bond acceptors (Lipinski definition) is 5. The Hall–Kier alpha value is -3.06. The van der Waals surface area contributed by atoms with Gasteiger partial charge in [0.2, 0.25) is 24.1 Å². The number of anilines is 1. The van der Waals surface area contributed by atoms with Crippen LogP contribution in [0.3, 0.4) is 0 Å². The van der Waals surface area contributed by atoms with Crippen LogP contribution >= 0.6 is 9.24 Å². The van der Waals surface area contributed by atoms with Gasteiger partial charge in [-0.1, -0.05) is 32.4 Å². The number of unbranched alkanes of at least 4 members (excludes halogenated alkanes) is 2. The number of benzene rings is 1. The van der Waals surface area contributed by atoms with Gasteiger partial charge in [-0.25, -0.2) is 0 Å². The molecule has 1 rings (SSSR count). The second-order valence-electron chi connectivity index (χ2n) is 8.81. The predicted molar refractivity (Wildman–Crippen MR) is 144 cm³/mol. The highest BCUT2D eigenvalue weighted by Crippen LogP contribution is 2.12. The van der Waals surface area contributed by atoms with Crippen molar-refractivity contribution in [1.82, 2.24) is 15.5 Å². The monoisotopic (exact) mass is 518 g/mol. The smallest absolute Gasteiger partial charge is 0.268 e. The first-order chi connectivity index (χ1) is 17.1. The lowest BCUT2D eigenvalue weighted by atomic mass is 10.1. The summed E-state index contributed by atoms with van der Waals surface area (Å²) in [5.41, 5.74) is 2.48. The Morgan fingerprint density at radius 1 is 1.03 bits per heavy atom. The summed E-state index contributed by atoms with van der Waals surface area (Å²) in [5.74, 6) is -1.62. The zero-order valence-electron chi connectivity index (χ0n) is 21.7. The molecule has 0 aliphatic carbocycles. The lowest BCUT2D eigenvalue weighted by molar-refractivity contribution is -0.141. The van der Waals surface area contributed by atoms with Gasteiger partial charge in [0.15, 0.2) is 0 Å². The minimum absolute atomic E-state index is 0.115. The number of rotatable bonds is 15. The zero-order chi connectivity index (χ0) is 27.1. The summed E-state index contributed by atoms with van der Waals surface area (Å²) < 4.78 is 0. The van der Waals surface area contributed by atoms with Crippen molar-refractivity contribution in [3.8, 4) is 0 Å². The van der Waals surface area contributed by atoms with Crippen LogP contribution in [-0.2, 0) is 30.1 Å². The molecule has 2 unspecified atom stereocenters. The number of hydrogen-bond donors (Lipinski definition) is 3. The van der Waals surface area contributed by atoms with Gasteiger partial charge in [-0.2, -0.15) is 0 Å². The van der Waals surface area contributed by atoms with Crippen molar-refractivity contribution in [3.63, 3.8) is 0 Å². The average molecular weight is 519 g/mol. The van der Waals surface area contributed by atoms with E-state index in [9.17, 15) is 24.0 Å². The summed E-state index contributed by atoms with van der Waals surface area (Å²) in [6.45, 7) is 7.16. The van der Waals surface area contributed by atoms with E-state index in [-0.39, 0.29) is 42.3 Å². The topological polar surface area (TPSA) is 125 Å². The van der Waals surface area contributed by atoms with E-state index in [4.69, 9.17) is 0 Å². The third kappa shape index (κ3) is 11.1. The van der Waals surface area contributed by atoms with Gasteiger partial charge >= 0.3 is 0 Å². The molecular formula is C26H39N4O5P. The Morgan fingerprint density at radius 3 is 2.25 bits per heavy atom. The van der Waals surface area contributed by atoms with Crippen LogP contribution in [0, 0.1) is 5.92 Å². The van der Waals surface area contributed by atoms with Crippen molar-refractivity contribution in [2.75, 3.05) is 18.4 Å². The molecule has 1 aromatic rings. The molecular weight excluding hydrogens is 479 g/mol. The van der Waals surface area contributed by atoms with E-state index in [0.29, 0.717) is 49.9 Å². The molecule has 1 aromatic carbocycles. The molecule has 0 fully saturated rings. The lowest BCUT2D eigenvalue weighted by Crippen LogP contribution is -2.39. The van der Waals surface area contributed by atoms with Crippen LogP contribution in [-0.4, -0.2) is 48.0 Å². The van der Waals surface area contributed by atoms with Crippen LogP contribution < -0.4 is 16.0 Å². The van der Waals surface area contributed by atoms with Crippen LogP contribution in [0.4, 0.5) is 5.69 Å². The number of allylic oxidation sites excluding steroid dienone is 1. The van der Waals surface area contributed by atoms with Crippen LogP contribution in [0.2, 0.25) is 0 Å². The third-order valence-electron chi connectivity index (χ3n) is 5.62. The fourth-order valence-electron chi connectivity index (χ4n) is 3.21. The maximum absolute atomic E-state index is 12.6. The van der Waals surface area contributed by atoms with Gasteiger partial charge in [0.05, 0.1) is 6.54 Å². The van der Waals surface area contributed by atoms with Crippen molar-refractivity contribution in [2.45, 2.75) is 66.0 Å². The Morgan fingerprint density at radius 2 is 1.69 bits per heavy atom. The number of nitrogens with one attached hydrogen (secondary N) is 3. The molecule has 0 spiro atoms. The van der Waals surface area contributed by atoms with Crippen LogP contribution in [0.25, 0.3) is 0 Å². The fourth-order valence-corrected chi connectivity index (χ4v) is 3.48. The van der Waals surface area contributed by atoms with Crippen LogP contribution in [0.1, 0.15) is 65.4 Å². The third-order valence-corrected chi connectivity index (χ3v) is 6.09. The molecule has 9 nitrogen and oxygen atoms in total. The molecule has 0 aromatic heterocycles. The molecule has 0 saturated carbocycles. The molecule has 5 amide bonds. The van der Waals surface area contributed by atoms with E-state index in [1.807, 2.05) is 19.1 Å². The largest absolute Gasteiger partial charge is 0.342 e. The van der Waals surface area contributed by atoms with Crippen LogP contribution in [0.5, 0.6) is 0 Å². The molecule has 2 atom stereocenters. The van der Waals surface area contributed by atoms with Gasteiger partial charge in [-0.3, -0.25) is 28.9 Å². The summed E-state index contributed by atoms with van der Waals surface area (Å²) in [5, 5.41) is 7.88. The molecule has 3 N–H and O–H groups in total. The van der Waals surface area contributed by atoms with Gasteiger partial charge in [0, 0.05) is 24.6 Å². The number of imide groups is 1. The van der Waals surface area contributed by atoms with Crippen molar-refractivity contribution >= 4 is 45.0 Å². The fraction of sp³-hybridized carbons (Fsp3) is 0.500. The molecule has 0 bridgehead atoms. The lowest BCUT2D eigenvalue weighted by Gasteiger charge is -2.18. The molecule has 0 heterocycles. The van der Waals surface area contributed by atoms with E-state index in [1.165, 1.54) is 4.90 Å². The molecule has 198 valence electrons. The van der Waals surface area contributed by atoms with Crippen molar-refractivity contribution in [1.29, 1.82) is 0 Å². The first-order valence-corrected chi connectivity index (χ1v) is 13.0. The van der Waals surface area contributed by atoms with E-state index in [0.717, 1.165) is 11.7 Å². The average Bonchev–Trinajstić information content (AvgIpc) is 2.87. The van der Waals surface area contributed by atoms with Crippen molar-refractivity contribution < 1.29 is 24.0 Å². The molecule has 36 heavy (non-hydrogen) atoms. The summed E-state index contributed by atoms with van der Waals surface area (Å²) >= 11 is 0. The zero-order valence-corrected chi connectivity index (χ0v) is 22.8. The number of carbonyl (C=O) groups excluding carboxylic acids is 5. The maximum Gasteiger partial charge on any atom is 0.268 e. The summed E-state index contributed by atoms with van der Waals surface area (Å²) in [6.07, 6.45) is 4.03. The normalized spacial score (nSPS) is 11.1. The van der Waals surface area contributed by atoms with Crippen LogP contribution in [0.15, 0.2) is 35.5 Å². The summed E-state index contributed by atoms with van der Waals surface area (Å²) in [4.78, 5) is 61.5. The first kappa shape index (κ1) is 31.0. The van der Waals surface area contributed by atoms with Crippen molar-refractivity contribution in [3.05, 3.63) is 41.1 Å². The predicted octanol–water partition coefficient (Wildman–Crippen LogP) is 3.12. The van der Waals surface area contributed by atoms with E-state index < -0.39 is 5.91 Å². The van der Waals surface area contributed by atoms with Gasteiger partial charge in [0.1, 0.15) is 5.70 Å². The van der Waals surface area contributed by atoms with Gasteiger partial charge in [-0.05, 0) is 62.5 Å². The molecule has 0 aliphatic rings. The standard InChI is InChI=1S/C26H39N4O5P/c1-5-19(4)26(35)30(17-31)14-8-6-7-9-22(32)29-24(18(2)3)25(34)27-15-23(33)28-21-12-10-20(16-36)11-13-21/h10-13,17,19H,5-9,14-16,36H2,1-4H3,(H,27,34)(H,28,33)(H,29,32). The summed E-state index contributed by atoms with van der Waals surface area (Å²) in [7, 11) is 2.63. The molecule has 0 saturated heterocycles. The second kappa shape index (κ2) is 16.6. The molecule has 0 aliphatic heterocycles. The Bertz CT molecular complexity index is 942. The molecule has 10 heteroatoms. The Kier molecular flexibility index (Phi) is 14.3. The van der Waals surface area contributed by atoms with E-state index >= 15 is 0 Å². The van der Waals surface area contributed by atoms with Gasteiger partial charge < -0.3 is 16.0 Å². The minimum Gasteiger partial charge on any atom is -0.342 e. The SMILES string of the molecule is CCC(C)C(=O)N(C=O)CCCCCC(=O)NC(C(=O)NCC(=O)Nc1ccc(CP)cc1)=C(C)C. The highest BCUT2D eigenvalue weighted by molar-refractivity contribution is 7.15. The van der Waals surface area contributed by atoms with E-state index in [1.54, 1.807) is 32.9 Å². The minimum atomic E-state index is -0.540. The highest BCUT2D eigenvalue weighted by atomic mass is 31.0. The van der Waals surface area contributed by atoms with Crippen molar-refractivity contribution in [2.24, 2.45) is 5.92 Å². The Labute approximate surface area is 216 Å². The highest BCUT2D eigenvalue weighted by Gasteiger charge is 2.18. The first-order valence-electron chi connectivity index (χ1n) is 12.2. The maximum atomic E-state index is 12.6. The number of amides is 5.